The molecule has 0 radical (unpaired) electrons. The van der Waals surface area contributed by atoms with Gasteiger partial charge in [-0.3, -0.25) is 0 Å². The van der Waals surface area contributed by atoms with Crippen molar-refractivity contribution in [2.24, 2.45) is 0 Å². The van der Waals surface area contributed by atoms with Crippen LogP contribution in [0.5, 0.6) is 5.75 Å². The maximum atomic E-state index is 5.34. The molecule has 5 nitrogen and oxygen atoms in total. The molecule has 3 heterocycles. The molecule has 1 aliphatic heterocycles. The second-order valence-electron chi connectivity index (χ2n) is 5.00. The van der Waals surface area contributed by atoms with Crippen LogP contribution in [0.4, 0.5) is 5.69 Å². The summed E-state index contributed by atoms with van der Waals surface area (Å²) in [5.41, 5.74) is 2.06. The van der Waals surface area contributed by atoms with E-state index >= 15 is 0 Å². The number of piperidine rings is 1. The van der Waals surface area contributed by atoms with Crippen LogP contribution >= 0.6 is 0 Å². The number of nitrogens with zero attached hydrogens (tertiary/aromatic N) is 2. The molecule has 19 heavy (non-hydrogen) atoms. The molecule has 5 heteroatoms. The smallest absolute Gasteiger partial charge is 0.145 e. The summed E-state index contributed by atoms with van der Waals surface area (Å²) in [5, 5.41) is 4.40. The van der Waals surface area contributed by atoms with Gasteiger partial charge in [0.2, 0.25) is 0 Å². The average molecular weight is 260 g/mol. The zero-order chi connectivity index (χ0) is 13.2. The second-order valence-corrected chi connectivity index (χ2v) is 5.00. The van der Waals surface area contributed by atoms with Gasteiger partial charge < -0.3 is 19.9 Å². The molecule has 0 spiro atoms. The van der Waals surface area contributed by atoms with Crippen LogP contribution < -0.4 is 15.0 Å². The van der Waals surface area contributed by atoms with Gasteiger partial charge in [0.1, 0.15) is 11.4 Å². The first-order valence-electron chi connectivity index (χ1n) is 6.75. The third kappa shape index (κ3) is 2.26. The first-order valence-corrected chi connectivity index (χ1v) is 6.75. The van der Waals surface area contributed by atoms with Gasteiger partial charge in [-0.2, -0.15) is 0 Å². The van der Waals surface area contributed by atoms with E-state index in [9.17, 15) is 0 Å². The minimum atomic E-state index is 0.648. The summed E-state index contributed by atoms with van der Waals surface area (Å²) in [6, 6.07) is 2.81. The van der Waals surface area contributed by atoms with Crippen LogP contribution in [0.25, 0.3) is 11.0 Å². The Morgan fingerprint density at radius 3 is 2.89 bits per heavy atom. The third-order valence-corrected chi connectivity index (χ3v) is 3.97. The van der Waals surface area contributed by atoms with E-state index in [1.807, 2.05) is 19.4 Å². The largest absolute Gasteiger partial charge is 0.494 e. The molecular formula is C14H20N4O. The van der Waals surface area contributed by atoms with E-state index in [1.54, 1.807) is 7.11 Å². The summed E-state index contributed by atoms with van der Waals surface area (Å²) >= 11 is 0. The summed E-state index contributed by atoms with van der Waals surface area (Å²) in [6.45, 7) is 2.15. The van der Waals surface area contributed by atoms with E-state index in [-0.39, 0.29) is 0 Å². The molecule has 2 aromatic rings. The van der Waals surface area contributed by atoms with Crippen LogP contribution in [0.1, 0.15) is 12.8 Å². The first-order chi connectivity index (χ1) is 9.31. The minimum Gasteiger partial charge on any atom is -0.494 e. The van der Waals surface area contributed by atoms with Crippen molar-refractivity contribution in [3.05, 3.63) is 18.5 Å². The number of hydrogen-bond donors (Lipinski definition) is 2. The van der Waals surface area contributed by atoms with Crippen molar-refractivity contribution in [1.82, 2.24) is 15.3 Å². The summed E-state index contributed by atoms with van der Waals surface area (Å²) in [4.78, 5) is 9.99. The maximum Gasteiger partial charge on any atom is 0.145 e. The van der Waals surface area contributed by atoms with Gasteiger partial charge in [0.15, 0.2) is 0 Å². The molecule has 0 saturated carbocycles. The fraction of sp³-hybridized carbons (Fsp3) is 0.500. The van der Waals surface area contributed by atoms with E-state index < -0.39 is 0 Å². The quantitative estimate of drug-likeness (QED) is 0.883. The highest BCUT2D eigenvalue weighted by atomic mass is 16.5. The summed E-state index contributed by atoms with van der Waals surface area (Å²) in [7, 11) is 3.73. The molecule has 0 unspecified atom stereocenters. The van der Waals surface area contributed by atoms with Crippen LogP contribution in [0.2, 0.25) is 0 Å². The Morgan fingerprint density at radius 2 is 2.21 bits per heavy atom. The maximum absolute atomic E-state index is 5.34. The van der Waals surface area contributed by atoms with Crippen molar-refractivity contribution >= 4 is 16.7 Å². The highest BCUT2D eigenvalue weighted by Crippen LogP contribution is 2.28. The molecule has 102 valence electrons. The average Bonchev–Trinajstić information content (AvgIpc) is 2.89. The second kappa shape index (κ2) is 5.09. The molecule has 1 aliphatic rings. The Kier molecular flexibility index (Phi) is 3.29. The topological polar surface area (TPSA) is 53.2 Å². The van der Waals surface area contributed by atoms with Gasteiger partial charge in [-0.15, -0.1) is 0 Å². The van der Waals surface area contributed by atoms with Crippen molar-refractivity contribution in [2.45, 2.75) is 18.9 Å². The lowest BCUT2D eigenvalue weighted by Crippen LogP contribution is -2.41. The number of pyridine rings is 1. The van der Waals surface area contributed by atoms with E-state index in [4.69, 9.17) is 4.74 Å². The van der Waals surface area contributed by atoms with Crippen molar-refractivity contribution in [3.8, 4) is 5.75 Å². The summed E-state index contributed by atoms with van der Waals surface area (Å²) in [5.74, 6) is 0.856. The molecule has 2 N–H and O–H groups in total. The lowest BCUT2D eigenvalue weighted by molar-refractivity contribution is 0.419. The van der Waals surface area contributed by atoms with Gasteiger partial charge >= 0.3 is 0 Å². The Labute approximate surface area is 113 Å². The van der Waals surface area contributed by atoms with Crippen LogP contribution in [0, 0.1) is 0 Å². The number of ether oxygens (including phenoxy) is 1. The number of aromatic nitrogens is 2. The van der Waals surface area contributed by atoms with Crippen molar-refractivity contribution in [2.75, 3.05) is 32.1 Å². The van der Waals surface area contributed by atoms with Gasteiger partial charge in [0.05, 0.1) is 24.4 Å². The fourth-order valence-electron chi connectivity index (χ4n) is 2.74. The van der Waals surface area contributed by atoms with Crippen LogP contribution in [-0.2, 0) is 0 Å². The number of rotatable bonds is 3. The van der Waals surface area contributed by atoms with E-state index in [0.717, 1.165) is 29.9 Å². The Balaban J connectivity index is 1.85. The lowest BCUT2D eigenvalue weighted by Gasteiger charge is -2.33. The van der Waals surface area contributed by atoms with Crippen LogP contribution in [0.15, 0.2) is 18.5 Å². The predicted octanol–water partition coefficient (Wildman–Crippen LogP) is 1.76. The lowest BCUT2D eigenvalue weighted by atomic mass is 10.0. The number of methoxy groups -OCH3 is 1. The molecular weight excluding hydrogens is 240 g/mol. The van der Waals surface area contributed by atoms with Crippen molar-refractivity contribution in [1.29, 1.82) is 0 Å². The molecule has 0 aromatic carbocycles. The molecule has 0 amide bonds. The van der Waals surface area contributed by atoms with Crippen LogP contribution in [-0.4, -0.2) is 43.3 Å². The van der Waals surface area contributed by atoms with Gasteiger partial charge in [-0.05, 0) is 26.0 Å². The highest BCUT2D eigenvalue weighted by molar-refractivity contribution is 5.85. The van der Waals surface area contributed by atoms with E-state index in [1.165, 1.54) is 18.5 Å². The van der Waals surface area contributed by atoms with Gasteiger partial charge in [-0.25, -0.2) is 4.98 Å². The zero-order valence-corrected chi connectivity index (χ0v) is 11.4. The number of aromatic amines is 1. The Morgan fingerprint density at radius 1 is 1.42 bits per heavy atom. The number of fused-ring (bicyclic) bond motifs is 1. The van der Waals surface area contributed by atoms with Crippen molar-refractivity contribution < 1.29 is 4.74 Å². The van der Waals surface area contributed by atoms with Crippen LogP contribution in [0.3, 0.4) is 0 Å². The zero-order valence-electron chi connectivity index (χ0n) is 11.4. The number of anilines is 1. The minimum absolute atomic E-state index is 0.648. The third-order valence-electron chi connectivity index (χ3n) is 3.97. The van der Waals surface area contributed by atoms with E-state index in [2.05, 4.69) is 26.3 Å². The standard InChI is InChI=1S/C14H20N4O/c1-15-10-3-5-18(6-4-10)11-7-12-13(19-2)9-17-14(12)16-8-11/h7-10,15H,3-6H2,1-2H3,(H,16,17). The van der Waals surface area contributed by atoms with Gasteiger partial charge in [0.25, 0.3) is 0 Å². The number of H-pyrrole nitrogens is 1. The number of nitrogens with one attached hydrogen (secondary N) is 2. The highest BCUT2D eigenvalue weighted by Gasteiger charge is 2.19. The van der Waals surface area contributed by atoms with Crippen molar-refractivity contribution in [3.63, 3.8) is 0 Å². The SMILES string of the molecule is CNC1CCN(c2cnc3[nH]cc(OC)c3c2)CC1. The number of hydrogen-bond acceptors (Lipinski definition) is 4. The molecule has 3 rings (SSSR count). The molecule has 0 atom stereocenters. The fourth-order valence-corrected chi connectivity index (χ4v) is 2.74. The molecule has 0 aliphatic carbocycles. The normalized spacial score (nSPS) is 17.1. The van der Waals surface area contributed by atoms with Gasteiger partial charge in [-0.1, -0.05) is 0 Å². The molecule has 1 fully saturated rings. The monoisotopic (exact) mass is 260 g/mol. The predicted molar refractivity (Wildman–Crippen MR) is 76.9 cm³/mol. The van der Waals surface area contributed by atoms with Gasteiger partial charge in [0, 0.05) is 25.3 Å². The Hall–Kier alpha value is -1.75. The van der Waals surface area contributed by atoms with E-state index in [0.29, 0.717) is 6.04 Å². The first kappa shape index (κ1) is 12.3. The Bertz CT molecular complexity index is 558. The summed E-state index contributed by atoms with van der Waals surface area (Å²) < 4.78 is 5.34. The molecule has 1 saturated heterocycles. The summed E-state index contributed by atoms with van der Waals surface area (Å²) in [6.07, 6.45) is 6.16. The molecule has 0 bridgehead atoms. The molecule has 2 aromatic heterocycles.